The normalized spacial score (nSPS) is 18.6. The van der Waals surface area contributed by atoms with Crippen molar-refractivity contribution in [2.45, 2.75) is 26.7 Å². The summed E-state index contributed by atoms with van der Waals surface area (Å²) >= 11 is 0. The van der Waals surface area contributed by atoms with Crippen LogP contribution >= 0.6 is 0 Å². The maximum atomic E-state index is 12.5. The van der Waals surface area contributed by atoms with Gasteiger partial charge in [0.05, 0.1) is 23.8 Å². The van der Waals surface area contributed by atoms with Crippen LogP contribution in [-0.4, -0.2) is 50.0 Å². The Morgan fingerprint density at radius 3 is 2.76 bits per heavy atom. The molecule has 2 rings (SSSR count). The molecule has 1 N–H and O–H groups in total. The Morgan fingerprint density at radius 1 is 1.32 bits per heavy atom. The molecule has 138 valence electrons. The third-order valence-corrected chi connectivity index (χ3v) is 6.00. The number of nitrogens with one attached hydrogen (secondary N) is 1. The smallest absolute Gasteiger partial charge is 0.338 e. The van der Waals surface area contributed by atoms with Crippen molar-refractivity contribution in [3.05, 3.63) is 29.8 Å². The molecule has 0 aromatic heterocycles. The number of rotatable bonds is 6. The Kier molecular flexibility index (Phi) is 6.55. The molecule has 1 aromatic rings. The lowest BCUT2D eigenvalue weighted by Gasteiger charge is -2.30. The maximum Gasteiger partial charge on any atom is 0.338 e. The number of carbonyl (C=O) groups is 2. The molecule has 1 fully saturated rings. The van der Waals surface area contributed by atoms with Gasteiger partial charge in [-0.05, 0) is 44.9 Å². The van der Waals surface area contributed by atoms with E-state index in [2.05, 4.69) is 5.32 Å². The van der Waals surface area contributed by atoms with Gasteiger partial charge in [0.15, 0.2) is 0 Å². The number of amides is 1. The van der Waals surface area contributed by atoms with E-state index in [4.69, 9.17) is 4.74 Å². The Morgan fingerprint density at radius 2 is 2.08 bits per heavy atom. The van der Waals surface area contributed by atoms with Crippen LogP contribution in [0.2, 0.25) is 0 Å². The summed E-state index contributed by atoms with van der Waals surface area (Å²) in [5, 5.41) is 2.77. The number of piperidine rings is 1. The fourth-order valence-corrected chi connectivity index (χ4v) is 3.95. The van der Waals surface area contributed by atoms with Crippen molar-refractivity contribution in [1.82, 2.24) is 4.31 Å². The monoisotopic (exact) mass is 368 g/mol. The number of hydrogen-bond donors (Lipinski definition) is 1. The Hall–Kier alpha value is -1.93. The third-order valence-electron chi connectivity index (χ3n) is 4.15. The first-order valence-electron chi connectivity index (χ1n) is 8.43. The molecule has 7 nitrogen and oxygen atoms in total. The fraction of sp³-hybridized carbons (Fsp3) is 0.529. The number of esters is 1. The SMILES string of the molecule is CCOC(=O)c1cccc(NC(=O)C2CCCN(S(=O)(=O)CC)C2)c1. The zero-order valence-electron chi connectivity index (χ0n) is 14.5. The van der Waals surface area contributed by atoms with E-state index in [1.54, 1.807) is 38.1 Å². The molecule has 1 heterocycles. The van der Waals surface area contributed by atoms with Gasteiger partial charge in [-0.1, -0.05) is 6.07 Å². The third kappa shape index (κ3) is 5.02. The molecule has 1 unspecified atom stereocenters. The highest BCUT2D eigenvalue weighted by atomic mass is 32.2. The second-order valence-corrected chi connectivity index (χ2v) is 8.15. The van der Waals surface area contributed by atoms with E-state index in [0.717, 1.165) is 0 Å². The lowest BCUT2D eigenvalue weighted by molar-refractivity contribution is -0.120. The van der Waals surface area contributed by atoms with Gasteiger partial charge in [-0.2, -0.15) is 0 Å². The molecule has 1 aromatic carbocycles. The second-order valence-electron chi connectivity index (χ2n) is 5.89. The molecule has 0 bridgehead atoms. The van der Waals surface area contributed by atoms with E-state index in [0.29, 0.717) is 30.6 Å². The van der Waals surface area contributed by atoms with Gasteiger partial charge in [-0.25, -0.2) is 17.5 Å². The molecule has 25 heavy (non-hydrogen) atoms. The van der Waals surface area contributed by atoms with Crippen LogP contribution in [0.25, 0.3) is 0 Å². The Balaban J connectivity index is 2.04. The lowest BCUT2D eigenvalue weighted by atomic mass is 9.98. The minimum Gasteiger partial charge on any atom is -0.462 e. The number of anilines is 1. The predicted octanol–water partition coefficient (Wildman–Crippen LogP) is 1.86. The number of ether oxygens (including phenoxy) is 1. The van der Waals surface area contributed by atoms with Gasteiger partial charge in [0.25, 0.3) is 0 Å². The Labute approximate surface area is 148 Å². The zero-order chi connectivity index (χ0) is 18.4. The van der Waals surface area contributed by atoms with Crippen molar-refractivity contribution in [2.75, 3.05) is 30.8 Å². The summed E-state index contributed by atoms with van der Waals surface area (Å²) < 4.78 is 30.3. The Bertz CT molecular complexity index is 732. The van der Waals surface area contributed by atoms with Crippen molar-refractivity contribution in [1.29, 1.82) is 0 Å². The summed E-state index contributed by atoms with van der Waals surface area (Å²) in [5.41, 5.74) is 0.851. The van der Waals surface area contributed by atoms with E-state index in [-0.39, 0.29) is 24.8 Å². The van der Waals surface area contributed by atoms with Gasteiger partial charge in [0, 0.05) is 18.8 Å². The van der Waals surface area contributed by atoms with Crippen molar-refractivity contribution in [2.24, 2.45) is 5.92 Å². The van der Waals surface area contributed by atoms with E-state index >= 15 is 0 Å². The summed E-state index contributed by atoms with van der Waals surface area (Å²) in [6.45, 7) is 4.25. The minimum absolute atomic E-state index is 0.0307. The summed E-state index contributed by atoms with van der Waals surface area (Å²) in [6.07, 6.45) is 1.29. The van der Waals surface area contributed by atoms with Crippen LogP contribution in [0.1, 0.15) is 37.0 Å². The van der Waals surface area contributed by atoms with Crippen LogP contribution < -0.4 is 5.32 Å². The maximum absolute atomic E-state index is 12.5. The first-order chi connectivity index (χ1) is 11.9. The van der Waals surface area contributed by atoms with Crippen LogP contribution in [0.5, 0.6) is 0 Å². The average Bonchev–Trinajstić information content (AvgIpc) is 2.62. The number of benzene rings is 1. The number of nitrogens with zero attached hydrogens (tertiary/aromatic N) is 1. The predicted molar refractivity (Wildman–Crippen MR) is 94.8 cm³/mol. The first-order valence-corrected chi connectivity index (χ1v) is 10.0. The molecule has 0 aliphatic carbocycles. The molecule has 8 heteroatoms. The van der Waals surface area contributed by atoms with E-state index < -0.39 is 21.9 Å². The highest BCUT2D eigenvalue weighted by molar-refractivity contribution is 7.89. The molecular formula is C17H24N2O5S. The molecule has 0 saturated carbocycles. The van der Waals surface area contributed by atoms with Crippen LogP contribution in [0.4, 0.5) is 5.69 Å². The van der Waals surface area contributed by atoms with Crippen LogP contribution in [0, 0.1) is 5.92 Å². The van der Waals surface area contributed by atoms with E-state index in [1.807, 2.05) is 0 Å². The van der Waals surface area contributed by atoms with Crippen LogP contribution in [0.3, 0.4) is 0 Å². The molecule has 0 radical (unpaired) electrons. The minimum atomic E-state index is -3.29. The van der Waals surface area contributed by atoms with Crippen molar-refractivity contribution in [3.63, 3.8) is 0 Å². The quantitative estimate of drug-likeness (QED) is 0.774. The van der Waals surface area contributed by atoms with Crippen LogP contribution in [0.15, 0.2) is 24.3 Å². The molecule has 1 atom stereocenters. The first kappa shape index (κ1) is 19.4. The van der Waals surface area contributed by atoms with Gasteiger partial charge in [-0.15, -0.1) is 0 Å². The van der Waals surface area contributed by atoms with E-state index in [1.165, 1.54) is 4.31 Å². The zero-order valence-corrected chi connectivity index (χ0v) is 15.3. The number of hydrogen-bond acceptors (Lipinski definition) is 5. The van der Waals surface area contributed by atoms with E-state index in [9.17, 15) is 18.0 Å². The van der Waals surface area contributed by atoms with Crippen molar-refractivity contribution in [3.8, 4) is 0 Å². The fourth-order valence-electron chi connectivity index (χ4n) is 2.77. The molecule has 1 amide bonds. The molecule has 0 spiro atoms. The summed E-state index contributed by atoms with van der Waals surface area (Å²) in [7, 11) is -3.29. The summed E-state index contributed by atoms with van der Waals surface area (Å²) in [4.78, 5) is 24.2. The van der Waals surface area contributed by atoms with Gasteiger partial charge in [0.1, 0.15) is 0 Å². The highest BCUT2D eigenvalue weighted by Crippen LogP contribution is 2.21. The van der Waals surface area contributed by atoms with Gasteiger partial charge in [-0.3, -0.25) is 4.79 Å². The lowest BCUT2D eigenvalue weighted by Crippen LogP contribution is -2.44. The second kappa shape index (κ2) is 8.44. The molecule has 1 aliphatic heterocycles. The average molecular weight is 368 g/mol. The molecule has 1 aliphatic rings. The van der Waals surface area contributed by atoms with Gasteiger partial charge >= 0.3 is 5.97 Å². The van der Waals surface area contributed by atoms with Gasteiger partial charge in [0.2, 0.25) is 15.9 Å². The topological polar surface area (TPSA) is 92.8 Å². The molecule has 1 saturated heterocycles. The van der Waals surface area contributed by atoms with Crippen LogP contribution in [-0.2, 0) is 19.6 Å². The number of sulfonamides is 1. The molecular weight excluding hydrogens is 344 g/mol. The number of carbonyl (C=O) groups excluding carboxylic acids is 2. The van der Waals surface area contributed by atoms with Crippen molar-refractivity contribution >= 4 is 27.6 Å². The summed E-state index contributed by atoms with van der Waals surface area (Å²) in [5.74, 6) is -1.06. The van der Waals surface area contributed by atoms with Gasteiger partial charge < -0.3 is 10.1 Å². The highest BCUT2D eigenvalue weighted by Gasteiger charge is 2.31. The van der Waals surface area contributed by atoms with Crippen molar-refractivity contribution < 1.29 is 22.7 Å². The largest absolute Gasteiger partial charge is 0.462 e. The standard InChI is InChI=1S/C17H24N2O5S/c1-3-24-17(21)13-7-5-9-15(11-13)18-16(20)14-8-6-10-19(12-14)25(22,23)4-2/h5,7,9,11,14H,3-4,6,8,10,12H2,1-2H3,(H,18,20). The summed E-state index contributed by atoms with van der Waals surface area (Å²) in [6, 6.07) is 6.52.